The van der Waals surface area contributed by atoms with Gasteiger partial charge in [-0.2, -0.15) is 8.78 Å². The zero-order valence-electron chi connectivity index (χ0n) is 13.9. The average molecular weight is 356 g/mol. The molecular formula is C18H16F4O3. The Hall–Kier alpha value is -2.57. The second-order valence-corrected chi connectivity index (χ2v) is 5.32. The van der Waals surface area contributed by atoms with Crippen molar-refractivity contribution in [2.24, 2.45) is 0 Å². The molecule has 0 spiro atoms. The fourth-order valence-electron chi connectivity index (χ4n) is 2.24. The van der Waals surface area contributed by atoms with Crippen molar-refractivity contribution >= 4 is 5.78 Å². The maximum atomic E-state index is 14.0. The first-order valence-corrected chi connectivity index (χ1v) is 7.49. The third kappa shape index (κ3) is 3.75. The highest BCUT2D eigenvalue weighted by Crippen LogP contribution is 2.31. The summed E-state index contributed by atoms with van der Waals surface area (Å²) >= 11 is 0. The first-order valence-electron chi connectivity index (χ1n) is 7.49. The Labute approximate surface area is 142 Å². The first-order chi connectivity index (χ1) is 11.8. The van der Waals surface area contributed by atoms with E-state index in [0.717, 1.165) is 0 Å². The van der Waals surface area contributed by atoms with Gasteiger partial charge in [-0.25, -0.2) is 8.78 Å². The van der Waals surface area contributed by atoms with Crippen LogP contribution in [0.3, 0.4) is 0 Å². The third-order valence-electron chi connectivity index (χ3n) is 3.56. The predicted molar refractivity (Wildman–Crippen MR) is 83.0 cm³/mol. The van der Waals surface area contributed by atoms with Crippen LogP contribution in [0.1, 0.15) is 35.3 Å². The number of ketones is 1. The van der Waals surface area contributed by atoms with Crippen molar-refractivity contribution in [2.75, 3.05) is 6.61 Å². The number of aryl methyl sites for hydroxylation is 1. The summed E-state index contributed by atoms with van der Waals surface area (Å²) in [4.78, 5) is 11.3. The first kappa shape index (κ1) is 18.8. The Bertz CT molecular complexity index is 789. The predicted octanol–water partition coefficient (Wildman–Crippen LogP) is 4.73. The van der Waals surface area contributed by atoms with Gasteiger partial charge in [-0.15, -0.1) is 0 Å². The number of benzene rings is 2. The summed E-state index contributed by atoms with van der Waals surface area (Å²) in [5, 5.41) is 0. The minimum Gasteiger partial charge on any atom is -0.488 e. The van der Waals surface area contributed by atoms with Gasteiger partial charge in [0.1, 0.15) is 12.4 Å². The molecule has 0 saturated carbocycles. The van der Waals surface area contributed by atoms with Crippen molar-refractivity contribution in [3.63, 3.8) is 0 Å². The lowest BCUT2D eigenvalue weighted by molar-refractivity contribution is 0.101. The van der Waals surface area contributed by atoms with Gasteiger partial charge >= 0.3 is 0 Å². The van der Waals surface area contributed by atoms with E-state index in [1.165, 1.54) is 26.0 Å². The molecule has 0 saturated heterocycles. The lowest BCUT2D eigenvalue weighted by Crippen LogP contribution is -2.10. The van der Waals surface area contributed by atoms with Crippen LogP contribution >= 0.6 is 0 Å². The normalized spacial score (nSPS) is 10.7. The molecule has 2 aromatic carbocycles. The van der Waals surface area contributed by atoms with Crippen LogP contribution in [0.2, 0.25) is 0 Å². The molecule has 0 bridgehead atoms. The Morgan fingerprint density at radius 2 is 1.60 bits per heavy atom. The van der Waals surface area contributed by atoms with Crippen molar-refractivity contribution in [1.29, 1.82) is 0 Å². The maximum Gasteiger partial charge on any atom is 0.204 e. The Balaban J connectivity index is 2.31. The van der Waals surface area contributed by atoms with Gasteiger partial charge in [-0.1, -0.05) is 0 Å². The van der Waals surface area contributed by atoms with Gasteiger partial charge in [0.2, 0.25) is 11.6 Å². The van der Waals surface area contributed by atoms with E-state index in [1.54, 1.807) is 13.0 Å². The minimum atomic E-state index is -1.61. The highest BCUT2D eigenvalue weighted by molar-refractivity contribution is 5.94. The van der Waals surface area contributed by atoms with Crippen LogP contribution in [0, 0.1) is 30.2 Å². The number of Topliss-reactive ketones (excluding diaryl/α,β-unsaturated/α-hetero) is 1. The monoisotopic (exact) mass is 356 g/mol. The largest absolute Gasteiger partial charge is 0.488 e. The smallest absolute Gasteiger partial charge is 0.204 e. The summed E-state index contributed by atoms with van der Waals surface area (Å²) in [5.41, 5.74) is 0.106. The van der Waals surface area contributed by atoms with Crippen LogP contribution in [0.4, 0.5) is 17.6 Å². The number of hydrogen-bond donors (Lipinski definition) is 0. The minimum absolute atomic E-state index is 0.149. The maximum absolute atomic E-state index is 14.0. The van der Waals surface area contributed by atoms with Crippen LogP contribution in [0.5, 0.6) is 11.5 Å². The molecule has 3 nitrogen and oxygen atoms in total. The molecule has 0 N–H and O–H groups in total. The fraction of sp³-hybridized carbons (Fsp3) is 0.278. The van der Waals surface area contributed by atoms with E-state index in [9.17, 15) is 22.4 Å². The molecule has 0 aliphatic carbocycles. The fourth-order valence-corrected chi connectivity index (χ4v) is 2.24. The second-order valence-electron chi connectivity index (χ2n) is 5.32. The van der Waals surface area contributed by atoms with Gasteiger partial charge < -0.3 is 9.47 Å². The molecule has 0 aliphatic rings. The van der Waals surface area contributed by atoms with E-state index < -0.39 is 41.2 Å². The highest BCUT2D eigenvalue weighted by Gasteiger charge is 2.27. The summed E-state index contributed by atoms with van der Waals surface area (Å²) in [6.07, 6.45) is 0. The number of ether oxygens (including phenoxy) is 2. The molecule has 2 rings (SSSR count). The quantitative estimate of drug-likeness (QED) is 0.426. The van der Waals surface area contributed by atoms with E-state index in [0.29, 0.717) is 11.1 Å². The van der Waals surface area contributed by atoms with E-state index in [4.69, 9.17) is 4.74 Å². The lowest BCUT2D eigenvalue weighted by atomic mass is 10.1. The second kappa shape index (κ2) is 7.55. The molecule has 0 amide bonds. The van der Waals surface area contributed by atoms with Crippen molar-refractivity contribution in [2.45, 2.75) is 27.4 Å². The highest BCUT2D eigenvalue weighted by atomic mass is 19.2. The van der Waals surface area contributed by atoms with E-state index >= 15 is 0 Å². The molecule has 134 valence electrons. The van der Waals surface area contributed by atoms with E-state index in [1.807, 2.05) is 0 Å². The van der Waals surface area contributed by atoms with Crippen molar-refractivity contribution in [3.05, 3.63) is 58.2 Å². The van der Waals surface area contributed by atoms with Crippen LogP contribution in [-0.4, -0.2) is 12.4 Å². The molecule has 0 aromatic heterocycles. The number of rotatable bonds is 6. The number of carbonyl (C=O) groups excluding carboxylic acids is 1. The van der Waals surface area contributed by atoms with Crippen LogP contribution < -0.4 is 9.47 Å². The van der Waals surface area contributed by atoms with Gasteiger partial charge in [-0.3, -0.25) is 4.79 Å². The Kier molecular flexibility index (Phi) is 5.66. The van der Waals surface area contributed by atoms with Crippen molar-refractivity contribution in [3.8, 4) is 11.5 Å². The van der Waals surface area contributed by atoms with E-state index in [2.05, 4.69) is 4.74 Å². The molecule has 0 atom stereocenters. The van der Waals surface area contributed by atoms with Gasteiger partial charge in [-0.05, 0) is 44.5 Å². The van der Waals surface area contributed by atoms with Crippen LogP contribution in [0.25, 0.3) is 0 Å². The van der Waals surface area contributed by atoms with Crippen molar-refractivity contribution < 1.29 is 31.8 Å². The molecule has 25 heavy (non-hydrogen) atoms. The van der Waals surface area contributed by atoms with Gasteiger partial charge in [0.05, 0.1) is 12.2 Å². The summed E-state index contributed by atoms with van der Waals surface area (Å²) < 4.78 is 65.6. The molecule has 0 aliphatic heterocycles. The van der Waals surface area contributed by atoms with Gasteiger partial charge in [0, 0.05) is 5.56 Å². The zero-order valence-corrected chi connectivity index (χ0v) is 13.9. The zero-order chi connectivity index (χ0) is 18.7. The summed E-state index contributed by atoms with van der Waals surface area (Å²) in [5.74, 6) is -7.36. The van der Waals surface area contributed by atoms with Crippen LogP contribution in [0.15, 0.2) is 18.2 Å². The van der Waals surface area contributed by atoms with Crippen LogP contribution in [-0.2, 0) is 6.61 Å². The standard InChI is InChI=1S/C18H16F4O3/c1-4-24-18-16(21)14(19)12(15(20)17(18)22)8-25-13-6-5-11(10(3)23)7-9(13)2/h5-7H,4,8H2,1-3H3. The number of halogens is 4. The number of hydrogen-bond acceptors (Lipinski definition) is 3. The molecular weight excluding hydrogens is 340 g/mol. The SMILES string of the molecule is CCOc1c(F)c(F)c(COc2ccc(C(C)=O)cc2C)c(F)c1F. The summed E-state index contributed by atoms with van der Waals surface area (Å²) in [6, 6.07) is 4.48. The van der Waals surface area contributed by atoms with E-state index in [-0.39, 0.29) is 18.1 Å². The van der Waals surface area contributed by atoms with Crippen molar-refractivity contribution in [1.82, 2.24) is 0 Å². The Morgan fingerprint density at radius 1 is 1.00 bits per heavy atom. The topological polar surface area (TPSA) is 35.5 Å². The summed E-state index contributed by atoms with van der Waals surface area (Å²) in [6.45, 7) is 3.58. The molecule has 0 unspecified atom stereocenters. The molecule has 7 heteroatoms. The average Bonchev–Trinajstić information content (AvgIpc) is 2.58. The molecule has 0 radical (unpaired) electrons. The van der Waals surface area contributed by atoms with Gasteiger partial charge in [0.25, 0.3) is 0 Å². The molecule has 2 aromatic rings. The molecule has 0 fully saturated rings. The number of carbonyl (C=O) groups is 1. The Morgan fingerprint density at radius 3 is 2.08 bits per heavy atom. The lowest BCUT2D eigenvalue weighted by Gasteiger charge is -2.14. The third-order valence-corrected chi connectivity index (χ3v) is 3.56. The summed E-state index contributed by atoms with van der Waals surface area (Å²) in [7, 11) is 0. The molecule has 0 heterocycles. The van der Waals surface area contributed by atoms with Gasteiger partial charge in [0.15, 0.2) is 23.2 Å².